The summed E-state index contributed by atoms with van der Waals surface area (Å²) in [4.78, 5) is 29.3. The third-order valence-corrected chi connectivity index (χ3v) is 5.06. The summed E-state index contributed by atoms with van der Waals surface area (Å²) in [5.41, 5.74) is 1.58. The van der Waals surface area contributed by atoms with Gasteiger partial charge in [-0.15, -0.1) is 11.3 Å². The Labute approximate surface area is 158 Å². The first-order valence-corrected chi connectivity index (χ1v) is 9.15. The number of hydrogen-bond donors (Lipinski definition) is 1. The van der Waals surface area contributed by atoms with Crippen LogP contribution in [0, 0.1) is 6.92 Å². The van der Waals surface area contributed by atoms with Gasteiger partial charge in [-0.3, -0.25) is 9.59 Å². The van der Waals surface area contributed by atoms with Gasteiger partial charge in [0.05, 0.1) is 21.5 Å². The third-order valence-electron chi connectivity index (χ3n) is 4.11. The van der Waals surface area contributed by atoms with Crippen LogP contribution in [0.2, 0.25) is 0 Å². The summed E-state index contributed by atoms with van der Waals surface area (Å²) in [5.74, 6) is 0.188. The van der Waals surface area contributed by atoms with Gasteiger partial charge >= 0.3 is 0 Å². The Morgan fingerprint density at radius 2 is 2.11 bits per heavy atom. The van der Waals surface area contributed by atoms with Crippen molar-refractivity contribution in [3.63, 3.8) is 0 Å². The first kappa shape index (κ1) is 17.2. The summed E-state index contributed by atoms with van der Waals surface area (Å²) in [6.07, 6.45) is 1.53. The summed E-state index contributed by atoms with van der Waals surface area (Å²) in [5, 5.41) is 8.06. The zero-order valence-corrected chi connectivity index (χ0v) is 15.5. The molecule has 4 rings (SSSR count). The molecule has 136 valence electrons. The van der Waals surface area contributed by atoms with Crippen molar-refractivity contribution in [1.82, 2.24) is 14.8 Å². The van der Waals surface area contributed by atoms with Crippen LogP contribution in [0.15, 0.2) is 57.9 Å². The highest BCUT2D eigenvalue weighted by Gasteiger charge is 2.19. The summed E-state index contributed by atoms with van der Waals surface area (Å²) in [6.45, 7) is 3.57. The number of hydrogen-bond acceptors (Lipinski definition) is 6. The second-order valence-corrected chi connectivity index (χ2v) is 7.29. The molecule has 0 aliphatic rings. The maximum absolute atomic E-state index is 12.7. The van der Waals surface area contributed by atoms with E-state index in [1.807, 2.05) is 25.1 Å². The number of carbonyl (C=O) groups is 1. The van der Waals surface area contributed by atoms with Crippen LogP contribution in [0.5, 0.6) is 0 Å². The number of carbonyl (C=O) groups excluding carboxylic acids is 1. The average Bonchev–Trinajstić information content (AvgIpc) is 3.30. The molecule has 7 nitrogen and oxygen atoms in total. The third kappa shape index (κ3) is 3.39. The number of aryl methyl sites for hydroxylation is 1. The fraction of sp³-hybridized carbons (Fsp3) is 0.158. The van der Waals surface area contributed by atoms with E-state index in [9.17, 15) is 9.59 Å². The predicted octanol–water partition coefficient (Wildman–Crippen LogP) is 3.62. The second-order valence-electron chi connectivity index (χ2n) is 6.06. The molecule has 0 saturated heterocycles. The molecule has 0 radical (unpaired) electrons. The van der Waals surface area contributed by atoms with E-state index in [1.165, 1.54) is 12.3 Å². The number of nitrogens with one attached hydrogen (secondary N) is 1. The summed E-state index contributed by atoms with van der Waals surface area (Å²) >= 11 is 1.60. The van der Waals surface area contributed by atoms with Crippen LogP contribution in [0.3, 0.4) is 0 Å². The quantitative estimate of drug-likeness (QED) is 0.584. The number of rotatable bonds is 4. The van der Waals surface area contributed by atoms with Crippen molar-refractivity contribution in [1.29, 1.82) is 0 Å². The van der Waals surface area contributed by atoms with E-state index in [-0.39, 0.29) is 11.5 Å². The lowest BCUT2D eigenvalue weighted by atomic mass is 10.2. The molecule has 3 heterocycles. The maximum atomic E-state index is 12.7. The minimum absolute atomic E-state index is 0.340. The van der Waals surface area contributed by atoms with Gasteiger partial charge in [0.1, 0.15) is 11.7 Å². The molecule has 1 aromatic carbocycles. The van der Waals surface area contributed by atoms with Gasteiger partial charge in [0, 0.05) is 11.8 Å². The number of amides is 1. The molecule has 1 atom stereocenters. The van der Waals surface area contributed by atoms with Crippen LogP contribution >= 0.6 is 11.3 Å². The molecule has 8 heteroatoms. The second kappa shape index (κ2) is 6.81. The molecule has 0 aliphatic heterocycles. The Morgan fingerprint density at radius 1 is 1.26 bits per heavy atom. The van der Waals surface area contributed by atoms with Gasteiger partial charge in [-0.05, 0) is 50.2 Å². The number of furan rings is 1. The first-order valence-electron chi connectivity index (χ1n) is 8.33. The van der Waals surface area contributed by atoms with Crippen LogP contribution < -0.4 is 10.9 Å². The van der Waals surface area contributed by atoms with Crippen molar-refractivity contribution < 1.29 is 9.21 Å². The van der Waals surface area contributed by atoms with Crippen LogP contribution in [0.25, 0.3) is 21.7 Å². The highest BCUT2D eigenvalue weighted by Crippen LogP contribution is 2.25. The zero-order valence-electron chi connectivity index (χ0n) is 14.7. The molecule has 1 N–H and O–H groups in total. The molecule has 27 heavy (non-hydrogen) atoms. The Kier molecular flexibility index (Phi) is 4.33. The van der Waals surface area contributed by atoms with E-state index in [2.05, 4.69) is 15.4 Å². The van der Waals surface area contributed by atoms with Gasteiger partial charge in [0.25, 0.3) is 5.56 Å². The van der Waals surface area contributed by atoms with Crippen LogP contribution in [0.4, 0.5) is 5.69 Å². The number of thiazole rings is 1. The van der Waals surface area contributed by atoms with Gasteiger partial charge in [-0.1, -0.05) is 0 Å². The minimum Gasteiger partial charge on any atom is -0.463 e. The normalized spacial score (nSPS) is 12.2. The number of aromatic nitrogens is 3. The van der Waals surface area contributed by atoms with Crippen LogP contribution in [-0.4, -0.2) is 20.7 Å². The van der Waals surface area contributed by atoms with Crippen molar-refractivity contribution in [2.24, 2.45) is 0 Å². The van der Waals surface area contributed by atoms with Crippen LogP contribution in [-0.2, 0) is 4.79 Å². The summed E-state index contributed by atoms with van der Waals surface area (Å²) in [6, 6.07) is 11.2. The van der Waals surface area contributed by atoms with Crippen LogP contribution in [0.1, 0.15) is 18.0 Å². The molecule has 0 bridgehead atoms. The molecule has 0 spiro atoms. The minimum atomic E-state index is -0.791. The average molecular weight is 380 g/mol. The first-order chi connectivity index (χ1) is 13.0. The number of anilines is 1. The number of fused-ring (bicyclic) bond motifs is 1. The highest BCUT2D eigenvalue weighted by molar-refractivity contribution is 7.18. The molecule has 0 fully saturated rings. The molecule has 1 amide bonds. The summed E-state index contributed by atoms with van der Waals surface area (Å²) in [7, 11) is 0. The lowest BCUT2D eigenvalue weighted by molar-refractivity contribution is -0.119. The Morgan fingerprint density at radius 3 is 2.89 bits per heavy atom. The Bertz CT molecular complexity index is 1180. The van der Waals surface area contributed by atoms with Crippen molar-refractivity contribution >= 4 is 33.1 Å². The van der Waals surface area contributed by atoms with Crippen molar-refractivity contribution in [2.45, 2.75) is 19.9 Å². The van der Waals surface area contributed by atoms with Gasteiger partial charge in [-0.2, -0.15) is 5.10 Å². The molecule has 4 aromatic rings. The number of benzene rings is 1. The van der Waals surface area contributed by atoms with Gasteiger partial charge in [0.15, 0.2) is 5.76 Å². The van der Waals surface area contributed by atoms with E-state index in [0.717, 1.165) is 19.9 Å². The molecular weight excluding hydrogens is 364 g/mol. The Hall–Kier alpha value is -3.26. The highest BCUT2D eigenvalue weighted by atomic mass is 32.1. The predicted molar refractivity (Wildman–Crippen MR) is 104 cm³/mol. The molecule has 1 unspecified atom stereocenters. The standard InChI is InChI=1S/C19H16N4O3S/c1-11(23-18(24)8-6-14(22-23)16-4-3-9-26-16)19(25)21-13-5-7-17-15(10-13)20-12(2)27-17/h3-11H,1-2H3,(H,21,25). The lowest BCUT2D eigenvalue weighted by Crippen LogP contribution is -2.33. The fourth-order valence-corrected chi connectivity index (χ4v) is 3.54. The van der Waals surface area contributed by atoms with Gasteiger partial charge in [0.2, 0.25) is 5.91 Å². The van der Waals surface area contributed by atoms with E-state index < -0.39 is 6.04 Å². The summed E-state index contributed by atoms with van der Waals surface area (Å²) < 4.78 is 7.52. The maximum Gasteiger partial charge on any atom is 0.267 e. The molecule has 3 aromatic heterocycles. The molecule has 0 aliphatic carbocycles. The van der Waals surface area contributed by atoms with Crippen molar-refractivity contribution in [3.05, 3.63) is 64.1 Å². The number of nitrogens with zero attached hydrogens (tertiary/aromatic N) is 3. The smallest absolute Gasteiger partial charge is 0.267 e. The van der Waals surface area contributed by atoms with Gasteiger partial charge < -0.3 is 9.73 Å². The largest absolute Gasteiger partial charge is 0.463 e. The zero-order chi connectivity index (χ0) is 19.0. The lowest BCUT2D eigenvalue weighted by Gasteiger charge is -2.14. The van der Waals surface area contributed by atoms with E-state index in [4.69, 9.17) is 4.42 Å². The van der Waals surface area contributed by atoms with Crippen molar-refractivity contribution in [2.75, 3.05) is 5.32 Å². The van der Waals surface area contributed by atoms with Gasteiger partial charge in [-0.25, -0.2) is 9.67 Å². The van der Waals surface area contributed by atoms with E-state index in [0.29, 0.717) is 17.1 Å². The monoisotopic (exact) mass is 380 g/mol. The molecular formula is C19H16N4O3S. The van der Waals surface area contributed by atoms with Crippen molar-refractivity contribution in [3.8, 4) is 11.5 Å². The Balaban J connectivity index is 1.59. The van der Waals surface area contributed by atoms with E-state index >= 15 is 0 Å². The topological polar surface area (TPSA) is 90.0 Å². The SMILES string of the molecule is Cc1nc2cc(NC(=O)C(C)n3nc(-c4ccco4)ccc3=O)ccc2s1. The molecule has 0 saturated carbocycles. The van der Waals surface area contributed by atoms with E-state index in [1.54, 1.807) is 36.5 Å². The fourth-order valence-electron chi connectivity index (χ4n) is 2.74.